The van der Waals surface area contributed by atoms with Crippen LogP contribution < -0.4 is 11.5 Å². The molecular formula is C6H13N3O2S. The summed E-state index contributed by atoms with van der Waals surface area (Å²) < 4.78 is 0. The molecule has 0 amide bonds. The summed E-state index contributed by atoms with van der Waals surface area (Å²) in [6.45, 7) is 0. The molecule has 0 aromatic heterocycles. The lowest BCUT2D eigenvalue weighted by Crippen LogP contribution is -2.29. The molecule has 0 spiro atoms. The van der Waals surface area contributed by atoms with Crippen molar-refractivity contribution in [3.8, 4) is 0 Å². The second-order valence-electron chi connectivity index (χ2n) is 2.30. The van der Waals surface area contributed by atoms with Gasteiger partial charge in [0, 0.05) is 5.75 Å². The second kappa shape index (κ2) is 5.84. The van der Waals surface area contributed by atoms with E-state index in [0.29, 0.717) is 18.6 Å². The fourth-order valence-electron chi connectivity index (χ4n) is 0.609. The first-order valence-electron chi connectivity index (χ1n) is 3.49. The number of carbonyl (C=O) groups is 1. The van der Waals surface area contributed by atoms with E-state index in [-0.39, 0.29) is 5.17 Å². The minimum Gasteiger partial charge on any atom is -0.480 e. The van der Waals surface area contributed by atoms with E-state index in [0.717, 1.165) is 0 Å². The van der Waals surface area contributed by atoms with Gasteiger partial charge in [-0.05, 0) is 12.8 Å². The summed E-state index contributed by atoms with van der Waals surface area (Å²) in [5.41, 5.74) is 10.3. The number of nitrogens with two attached hydrogens (primary N) is 2. The number of amidine groups is 1. The molecule has 6 N–H and O–H groups in total. The lowest BCUT2D eigenvalue weighted by atomic mass is 10.2. The van der Waals surface area contributed by atoms with Gasteiger partial charge in [0.05, 0.1) is 0 Å². The predicted molar refractivity (Wildman–Crippen MR) is 49.2 cm³/mol. The highest BCUT2D eigenvalue weighted by Gasteiger charge is 2.09. The average molecular weight is 191 g/mol. The number of thioether (sulfide) groups is 1. The van der Waals surface area contributed by atoms with Crippen LogP contribution in [0.1, 0.15) is 12.8 Å². The van der Waals surface area contributed by atoms with Crippen LogP contribution in [0.4, 0.5) is 0 Å². The molecule has 0 bridgehead atoms. The van der Waals surface area contributed by atoms with Crippen LogP contribution in [0.25, 0.3) is 0 Å². The largest absolute Gasteiger partial charge is 0.480 e. The summed E-state index contributed by atoms with van der Waals surface area (Å²) in [6.07, 6.45) is 1.09. The first-order valence-corrected chi connectivity index (χ1v) is 4.48. The summed E-state index contributed by atoms with van der Waals surface area (Å²) in [5.74, 6) is -0.334. The first-order chi connectivity index (χ1) is 5.54. The van der Waals surface area contributed by atoms with Gasteiger partial charge in [0.25, 0.3) is 0 Å². The molecule has 0 aliphatic rings. The van der Waals surface area contributed by atoms with E-state index in [2.05, 4.69) is 0 Å². The Balaban J connectivity index is 3.31. The lowest BCUT2D eigenvalue weighted by molar-refractivity contribution is -0.138. The maximum Gasteiger partial charge on any atom is 0.320 e. The zero-order valence-electron chi connectivity index (χ0n) is 6.62. The topological polar surface area (TPSA) is 113 Å². The quantitative estimate of drug-likeness (QED) is 0.273. The molecule has 0 rings (SSSR count). The van der Waals surface area contributed by atoms with E-state index >= 15 is 0 Å². The standard InChI is InChI=1S/C6H13N3O2S/c7-4(5(10)11)2-1-3-12-6(8)9/h4H,1-3,7H2,(H3,8,9)(H,10,11). The highest BCUT2D eigenvalue weighted by molar-refractivity contribution is 8.13. The Morgan fingerprint density at radius 2 is 2.25 bits per heavy atom. The van der Waals surface area contributed by atoms with Crippen LogP contribution in [0.5, 0.6) is 0 Å². The molecule has 0 aliphatic heterocycles. The molecule has 0 aromatic rings. The Kier molecular flexibility index (Phi) is 5.48. The van der Waals surface area contributed by atoms with Crippen LogP contribution in [0, 0.1) is 5.41 Å². The van der Waals surface area contributed by atoms with Gasteiger partial charge in [-0.1, -0.05) is 11.8 Å². The molecule has 12 heavy (non-hydrogen) atoms. The van der Waals surface area contributed by atoms with Crippen molar-refractivity contribution >= 4 is 22.9 Å². The number of carboxylic acids is 1. The number of rotatable bonds is 5. The molecule has 0 saturated carbocycles. The SMILES string of the molecule is N=C(N)SCCCC(N)C(=O)O. The molecule has 1 atom stereocenters. The third-order valence-corrected chi connectivity index (χ3v) is 2.04. The molecule has 0 radical (unpaired) electrons. The molecule has 5 nitrogen and oxygen atoms in total. The number of aliphatic carboxylic acids is 1. The van der Waals surface area contributed by atoms with Crippen molar-refractivity contribution in [1.82, 2.24) is 0 Å². The normalized spacial score (nSPS) is 12.4. The highest BCUT2D eigenvalue weighted by atomic mass is 32.2. The van der Waals surface area contributed by atoms with Gasteiger partial charge < -0.3 is 16.6 Å². The van der Waals surface area contributed by atoms with Gasteiger partial charge in [-0.25, -0.2) is 0 Å². The Morgan fingerprint density at radius 3 is 2.67 bits per heavy atom. The molecule has 0 aromatic carbocycles. The van der Waals surface area contributed by atoms with Gasteiger partial charge in [0.2, 0.25) is 0 Å². The molecule has 6 heteroatoms. The fourth-order valence-corrected chi connectivity index (χ4v) is 1.14. The predicted octanol–water partition coefficient (Wildman–Crippen LogP) is -0.195. The van der Waals surface area contributed by atoms with E-state index in [4.69, 9.17) is 22.0 Å². The van der Waals surface area contributed by atoms with E-state index in [9.17, 15) is 4.79 Å². The molecule has 0 fully saturated rings. The van der Waals surface area contributed by atoms with Gasteiger partial charge in [-0.15, -0.1) is 0 Å². The van der Waals surface area contributed by atoms with E-state index in [1.165, 1.54) is 11.8 Å². The summed E-state index contributed by atoms with van der Waals surface area (Å²) in [5, 5.41) is 15.3. The Morgan fingerprint density at radius 1 is 1.67 bits per heavy atom. The highest BCUT2D eigenvalue weighted by Crippen LogP contribution is 2.04. The van der Waals surface area contributed by atoms with Gasteiger partial charge >= 0.3 is 5.97 Å². The smallest absolute Gasteiger partial charge is 0.320 e. The Bertz CT molecular complexity index is 174. The first kappa shape index (κ1) is 11.2. The Labute approximate surface area is 75.0 Å². The van der Waals surface area contributed by atoms with Crippen LogP contribution in [-0.2, 0) is 4.79 Å². The molecule has 0 saturated heterocycles. The van der Waals surface area contributed by atoms with Crippen LogP contribution in [0.15, 0.2) is 0 Å². The molecular weight excluding hydrogens is 178 g/mol. The zero-order valence-corrected chi connectivity index (χ0v) is 7.43. The average Bonchev–Trinajstić information content (AvgIpc) is 1.97. The number of nitrogens with one attached hydrogen (secondary N) is 1. The van der Waals surface area contributed by atoms with E-state index < -0.39 is 12.0 Å². The van der Waals surface area contributed by atoms with Crippen LogP contribution in [0.2, 0.25) is 0 Å². The molecule has 1 unspecified atom stereocenters. The van der Waals surface area contributed by atoms with Crippen molar-refractivity contribution in [2.75, 3.05) is 5.75 Å². The summed E-state index contributed by atoms with van der Waals surface area (Å²) in [7, 11) is 0. The van der Waals surface area contributed by atoms with Gasteiger partial charge in [0.1, 0.15) is 6.04 Å². The van der Waals surface area contributed by atoms with E-state index in [1.54, 1.807) is 0 Å². The molecule has 0 aliphatic carbocycles. The van der Waals surface area contributed by atoms with Gasteiger partial charge in [-0.2, -0.15) is 0 Å². The van der Waals surface area contributed by atoms with Crippen molar-refractivity contribution in [3.05, 3.63) is 0 Å². The van der Waals surface area contributed by atoms with Gasteiger partial charge in [-0.3, -0.25) is 10.2 Å². The number of hydrogen-bond donors (Lipinski definition) is 4. The van der Waals surface area contributed by atoms with E-state index in [1.807, 2.05) is 0 Å². The van der Waals surface area contributed by atoms with Crippen LogP contribution >= 0.6 is 11.8 Å². The second-order valence-corrected chi connectivity index (χ2v) is 3.44. The van der Waals surface area contributed by atoms with Crippen molar-refractivity contribution in [1.29, 1.82) is 5.41 Å². The van der Waals surface area contributed by atoms with Crippen molar-refractivity contribution < 1.29 is 9.90 Å². The summed E-state index contributed by atoms with van der Waals surface area (Å²) >= 11 is 1.20. The lowest BCUT2D eigenvalue weighted by Gasteiger charge is -2.04. The third-order valence-electron chi connectivity index (χ3n) is 1.23. The van der Waals surface area contributed by atoms with Crippen molar-refractivity contribution in [2.45, 2.75) is 18.9 Å². The fraction of sp³-hybridized carbons (Fsp3) is 0.667. The third kappa shape index (κ3) is 5.99. The zero-order chi connectivity index (χ0) is 9.56. The maximum absolute atomic E-state index is 10.2. The van der Waals surface area contributed by atoms with Crippen molar-refractivity contribution in [2.24, 2.45) is 11.5 Å². The number of hydrogen-bond acceptors (Lipinski definition) is 4. The molecule has 0 heterocycles. The minimum absolute atomic E-state index is 0.0545. The van der Waals surface area contributed by atoms with Gasteiger partial charge in [0.15, 0.2) is 5.17 Å². The Hall–Kier alpha value is -0.750. The summed E-state index contributed by atoms with van der Waals surface area (Å²) in [4.78, 5) is 10.2. The maximum atomic E-state index is 10.2. The van der Waals surface area contributed by atoms with Crippen LogP contribution in [0.3, 0.4) is 0 Å². The van der Waals surface area contributed by atoms with Crippen LogP contribution in [-0.4, -0.2) is 28.0 Å². The molecule has 70 valence electrons. The number of carboxylic acid groups (broad SMARTS) is 1. The monoisotopic (exact) mass is 191 g/mol. The van der Waals surface area contributed by atoms with Crippen molar-refractivity contribution in [3.63, 3.8) is 0 Å². The minimum atomic E-state index is -0.983. The summed E-state index contributed by atoms with van der Waals surface area (Å²) in [6, 6.07) is -0.794.